The topological polar surface area (TPSA) is 48.5 Å². The third kappa shape index (κ3) is 2.74. The summed E-state index contributed by atoms with van der Waals surface area (Å²) in [7, 11) is 3.87. The monoisotopic (exact) mass is 234 g/mol. The van der Waals surface area contributed by atoms with Crippen molar-refractivity contribution in [2.75, 3.05) is 45.6 Å². The summed E-state index contributed by atoms with van der Waals surface area (Å²) in [6, 6.07) is 5.46. The van der Waals surface area contributed by atoms with Gasteiger partial charge in [-0.25, -0.2) is 4.98 Å². The lowest BCUT2D eigenvalue weighted by Gasteiger charge is -2.32. The molecule has 5 nitrogen and oxygen atoms in total. The molecule has 0 saturated carbocycles. The van der Waals surface area contributed by atoms with Crippen LogP contribution in [-0.4, -0.2) is 61.0 Å². The van der Waals surface area contributed by atoms with Gasteiger partial charge in [-0.05, 0) is 19.2 Å². The molecule has 1 aliphatic heterocycles. The van der Waals surface area contributed by atoms with Crippen LogP contribution in [0.25, 0.3) is 0 Å². The lowest BCUT2D eigenvalue weighted by Crippen LogP contribution is -2.47. The third-order valence-electron chi connectivity index (χ3n) is 3.01. The maximum absolute atomic E-state index is 12.2. The summed E-state index contributed by atoms with van der Waals surface area (Å²) >= 11 is 0. The first-order valence-corrected chi connectivity index (χ1v) is 5.83. The molecule has 0 bridgehead atoms. The second kappa shape index (κ2) is 5.14. The highest BCUT2D eigenvalue weighted by Crippen LogP contribution is 2.09. The average molecular weight is 234 g/mol. The molecule has 1 saturated heterocycles. The van der Waals surface area contributed by atoms with Crippen molar-refractivity contribution in [3.8, 4) is 0 Å². The number of carbonyl (C=O) groups is 1. The molecule has 1 N–H and O–H groups in total. The second-order valence-corrected chi connectivity index (χ2v) is 4.25. The Bertz CT molecular complexity index is 399. The summed E-state index contributed by atoms with van der Waals surface area (Å²) in [5.41, 5.74) is 0.515. The Labute approximate surface area is 101 Å². The van der Waals surface area contributed by atoms with E-state index < -0.39 is 0 Å². The molecule has 1 aliphatic rings. The average Bonchev–Trinajstić information content (AvgIpc) is 2.39. The molecule has 92 valence electrons. The van der Waals surface area contributed by atoms with E-state index in [-0.39, 0.29) is 5.91 Å². The summed E-state index contributed by atoms with van der Waals surface area (Å²) in [6.45, 7) is 3.41. The van der Waals surface area contributed by atoms with Crippen LogP contribution in [0.1, 0.15) is 10.5 Å². The van der Waals surface area contributed by atoms with Crippen molar-refractivity contribution in [2.24, 2.45) is 0 Å². The molecule has 0 radical (unpaired) electrons. The zero-order valence-corrected chi connectivity index (χ0v) is 10.3. The summed E-state index contributed by atoms with van der Waals surface area (Å²) in [5.74, 6) is 0.750. The largest absolute Gasteiger partial charge is 0.373 e. The number of hydrogen-bond acceptors (Lipinski definition) is 4. The van der Waals surface area contributed by atoms with E-state index >= 15 is 0 Å². The van der Waals surface area contributed by atoms with Gasteiger partial charge in [-0.2, -0.15) is 0 Å². The molecular formula is C12H18N4O. The van der Waals surface area contributed by atoms with Crippen LogP contribution in [0.3, 0.4) is 0 Å². The van der Waals surface area contributed by atoms with Crippen LogP contribution in [0.2, 0.25) is 0 Å². The van der Waals surface area contributed by atoms with Crippen LogP contribution < -0.4 is 5.32 Å². The molecule has 0 atom stereocenters. The zero-order chi connectivity index (χ0) is 12.3. The minimum atomic E-state index is 0.0233. The van der Waals surface area contributed by atoms with Gasteiger partial charge in [-0.3, -0.25) is 4.79 Å². The normalized spacial score (nSPS) is 16.9. The maximum atomic E-state index is 12.2. The molecule has 17 heavy (non-hydrogen) atoms. The number of rotatable bonds is 2. The van der Waals surface area contributed by atoms with Crippen LogP contribution in [0.4, 0.5) is 5.82 Å². The number of carbonyl (C=O) groups excluding carboxylic acids is 1. The second-order valence-electron chi connectivity index (χ2n) is 4.25. The summed E-state index contributed by atoms with van der Waals surface area (Å²) in [5, 5.41) is 2.94. The van der Waals surface area contributed by atoms with Crippen molar-refractivity contribution in [1.82, 2.24) is 14.8 Å². The summed E-state index contributed by atoms with van der Waals surface area (Å²) in [4.78, 5) is 20.5. The van der Waals surface area contributed by atoms with Crippen molar-refractivity contribution >= 4 is 11.7 Å². The quantitative estimate of drug-likeness (QED) is 0.810. The number of likely N-dealkylation sites (N-methyl/N-ethyl adjacent to an activating group) is 1. The Morgan fingerprint density at radius 2 is 2.00 bits per heavy atom. The van der Waals surface area contributed by atoms with E-state index in [1.54, 1.807) is 13.1 Å². The van der Waals surface area contributed by atoms with Gasteiger partial charge in [0.25, 0.3) is 5.91 Å². The highest BCUT2D eigenvalue weighted by Gasteiger charge is 2.21. The molecule has 2 heterocycles. The lowest BCUT2D eigenvalue weighted by atomic mass is 10.2. The number of hydrogen-bond donors (Lipinski definition) is 1. The minimum Gasteiger partial charge on any atom is -0.373 e. The minimum absolute atomic E-state index is 0.0233. The van der Waals surface area contributed by atoms with E-state index in [2.05, 4.69) is 22.2 Å². The Hall–Kier alpha value is -1.62. The number of piperazine rings is 1. The predicted octanol–water partition coefficient (Wildman–Crippen LogP) is 0.511. The molecule has 1 aromatic heterocycles. The Kier molecular flexibility index (Phi) is 3.58. The number of pyridine rings is 1. The van der Waals surface area contributed by atoms with E-state index in [9.17, 15) is 4.79 Å². The van der Waals surface area contributed by atoms with Crippen molar-refractivity contribution in [1.29, 1.82) is 0 Å². The van der Waals surface area contributed by atoms with E-state index in [0.717, 1.165) is 32.0 Å². The molecule has 1 fully saturated rings. The molecule has 0 unspecified atom stereocenters. The highest BCUT2D eigenvalue weighted by atomic mass is 16.2. The SMILES string of the molecule is CNc1cccc(C(=O)N2CCN(C)CC2)n1. The van der Waals surface area contributed by atoms with E-state index in [1.165, 1.54) is 0 Å². The Morgan fingerprint density at radius 1 is 1.29 bits per heavy atom. The molecule has 5 heteroatoms. The van der Waals surface area contributed by atoms with Crippen LogP contribution in [-0.2, 0) is 0 Å². The fourth-order valence-electron chi connectivity index (χ4n) is 1.86. The van der Waals surface area contributed by atoms with Gasteiger partial charge in [-0.15, -0.1) is 0 Å². The summed E-state index contributed by atoms with van der Waals surface area (Å²) in [6.07, 6.45) is 0. The number of nitrogens with one attached hydrogen (secondary N) is 1. The molecular weight excluding hydrogens is 216 g/mol. The molecule has 0 aromatic carbocycles. The fraction of sp³-hybridized carbons (Fsp3) is 0.500. The van der Waals surface area contributed by atoms with Crippen molar-refractivity contribution in [2.45, 2.75) is 0 Å². The van der Waals surface area contributed by atoms with Crippen LogP contribution in [0.15, 0.2) is 18.2 Å². The maximum Gasteiger partial charge on any atom is 0.272 e. The smallest absolute Gasteiger partial charge is 0.272 e. The van der Waals surface area contributed by atoms with Gasteiger partial charge in [0.2, 0.25) is 0 Å². The molecule has 0 aliphatic carbocycles. The number of aromatic nitrogens is 1. The van der Waals surface area contributed by atoms with Gasteiger partial charge in [0, 0.05) is 33.2 Å². The van der Waals surface area contributed by atoms with E-state index in [0.29, 0.717) is 5.69 Å². The third-order valence-corrected chi connectivity index (χ3v) is 3.01. The first-order chi connectivity index (χ1) is 8.20. The molecule has 0 spiro atoms. The van der Waals surface area contributed by atoms with Crippen molar-refractivity contribution in [3.63, 3.8) is 0 Å². The fourth-order valence-corrected chi connectivity index (χ4v) is 1.86. The Morgan fingerprint density at radius 3 is 2.65 bits per heavy atom. The van der Waals surface area contributed by atoms with Crippen LogP contribution in [0, 0.1) is 0 Å². The zero-order valence-electron chi connectivity index (χ0n) is 10.3. The number of nitrogens with zero attached hydrogens (tertiary/aromatic N) is 3. The molecule has 1 amide bonds. The van der Waals surface area contributed by atoms with Gasteiger partial charge in [0.1, 0.15) is 11.5 Å². The number of amides is 1. The van der Waals surface area contributed by atoms with Gasteiger partial charge < -0.3 is 15.1 Å². The Balaban J connectivity index is 2.08. The van der Waals surface area contributed by atoms with Gasteiger partial charge >= 0.3 is 0 Å². The summed E-state index contributed by atoms with van der Waals surface area (Å²) < 4.78 is 0. The lowest BCUT2D eigenvalue weighted by molar-refractivity contribution is 0.0658. The van der Waals surface area contributed by atoms with Gasteiger partial charge in [0.15, 0.2) is 0 Å². The number of anilines is 1. The van der Waals surface area contributed by atoms with Crippen LogP contribution in [0.5, 0.6) is 0 Å². The highest BCUT2D eigenvalue weighted by molar-refractivity contribution is 5.92. The van der Waals surface area contributed by atoms with Gasteiger partial charge in [0.05, 0.1) is 0 Å². The molecule has 2 rings (SSSR count). The van der Waals surface area contributed by atoms with E-state index in [4.69, 9.17) is 0 Å². The predicted molar refractivity (Wildman–Crippen MR) is 67.2 cm³/mol. The molecule has 1 aromatic rings. The van der Waals surface area contributed by atoms with Crippen LogP contribution >= 0.6 is 0 Å². The standard InChI is InChI=1S/C12H18N4O/c1-13-11-5-3-4-10(14-11)12(17)16-8-6-15(2)7-9-16/h3-5H,6-9H2,1-2H3,(H,13,14). The van der Waals surface area contributed by atoms with E-state index in [1.807, 2.05) is 17.0 Å². The van der Waals surface area contributed by atoms with Crippen molar-refractivity contribution < 1.29 is 4.79 Å². The van der Waals surface area contributed by atoms with Gasteiger partial charge in [-0.1, -0.05) is 6.07 Å². The van der Waals surface area contributed by atoms with Crippen molar-refractivity contribution in [3.05, 3.63) is 23.9 Å². The first-order valence-electron chi connectivity index (χ1n) is 5.83. The first kappa shape index (κ1) is 11.9.